The first kappa shape index (κ1) is 67.8. The summed E-state index contributed by atoms with van der Waals surface area (Å²) in [6.07, 6.45) is -11.1. The zero-order valence-corrected chi connectivity index (χ0v) is 51.5. The molecule has 11 atom stereocenters. The zero-order chi connectivity index (χ0) is 59.9. The van der Waals surface area contributed by atoms with Gasteiger partial charge in [-0.25, -0.2) is 24.0 Å². The van der Waals surface area contributed by atoms with Gasteiger partial charge < -0.3 is 83.8 Å². The van der Waals surface area contributed by atoms with Crippen molar-refractivity contribution in [3.05, 3.63) is 11.8 Å². The molecule has 450 valence electrons. The van der Waals surface area contributed by atoms with Gasteiger partial charge in [0, 0.05) is 32.2 Å². The van der Waals surface area contributed by atoms with Crippen molar-refractivity contribution in [3.63, 3.8) is 0 Å². The van der Waals surface area contributed by atoms with Crippen molar-refractivity contribution < 1.29 is 81.6 Å². The summed E-state index contributed by atoms with van der Waals surface area (Å²) >= 11 is 0. The number of amides is 5. The molecule has 2 heterocycles. The van der Waals surface area contributed by atoms with E-state index in [-0.39, 0.29) is 24.4 Å². The Labute approximate surface area is 463 Å². The largest absolute Gasteiger partial charge is 0.491 e. The van der Waals surface area contributed by atoms with E-state index in [0.29, 0.717) is 18.9 Å². The van der Waals surface area contributed by atoms with Gasteiger partial charge in [-0.05, 0) is 148 Å². The van der Waals surface area contributed by atoms with Crippen LogP contribution in [0.1, 0.15) is 144 Å². The molecule has 0 aromatic heterocycles. The number of carbonyl (C=O) groups is 5. The summed E-state index contributed by atoms with van der Waals surface area (Å²) in [6, 6.07) is -4.80. The van der Waals surface area contributed by atoms with E-state index in [9.17, 15) is 39.3 Å². The lowest BCUT2D eigenvalue weighted by atomic mass is 9.72. The van der Waals surface area contributed by atoms with Crippen LogP contribution in [0.15, 0.2) is 16.8 Å². The van der Waals surface area contributed by atoms with E-state index in [1.165, 1.54) is 14.0 Å². The third-order valence-electron chi connectivity index (χ3n) is 12.7. The van der Waals surface area contributed by atoms with Gasteiger partial charge in [-0.2, -0.15) is 0 Å². The van der Waals surface area contributed by atoms with Crippen molar-refractivity contribution in [2.24, 2.45) is 10.9 Å². The summed E-state index contributed by atoms with van der Waals surface area (Å²) in [5, 5.41) is 51.6. The Bertz CT molecular complexity index is 2120. The van der Waals surface area contributed by atoms with Gasteiger partial charge in [-0.3, -0.25) is 5.32 Å². The third-order valence-corrected chi connectivity index (χ3v) is 17.3. The van der Waals surface area contributed by atoms with Crippen LogP contribution >= 0.6 is 0 Å². The van der Waals surface area contributed by atoms with E-state index >= 15 is 0 Å². The van der Waals surface area contributed by atoms with Crippen molar-refractivity contribution >= 4 is 44.7 Å². The quantitative estimate of drug-likeness (QED) is 0.0330. The molecule has 1 saturated heterocycles. The van der Waals surface area contributed by atoms with E-state index in [1.807, 2.05) is 0 Å². The number of aliphatic imine (C=N–C) groups is 1. The number of ether oxygens (including phenoxy) is 8. The van der Waals surface area contributed by atoms with Crippen molar-refractivity contribution in [1.29, 1.82) is 0 Å². The maximum atomic E-state index is 14.0. The minimum absolute atomic E-state index is 0.0201. The molecule has 5 amide bonds. The van der Waals surface area contributed by atoms with Crippen LogP contribution in [0.5, 0.6) is 0 Å². The molecular weight excluding hydrogens is 1030 g/mol. The minimum atomic E-state index is -2.09. The molecular formula is C53H97N7O17Si. The number of aliphatic hydroxyl groups excluding tert-OH is 2. The molecule has 24 nitrogen and oxygen atoms in total. The first-order valence-corrected chi connectivity index (χ1v) is 29.7. The number of alkyl carbamates (subject to hydrolysis) is 3. The molecule has 25 heteroatoms. The van der Waals surface area contributed by atoms with Gasteiger partial charge in [0.05, 0.1) is 37.4 Å². The Morgan fingerprint density at radius 2 is 1.24 bits per heavy atom. The highest BCUT2D eigenvalue weighted by molar-refractivity contribution is 6.74. The van der Waals surface area contributed by atoms with E-state index in [1.54, 1.807) is 110 Å². The second-order valence-corrected chi connectivity index (χ2v) is 31.9. The van der Waals surface area contributed by atoms with E-state index in [2.05, 4.69) is 65.4 Å². The average Bonchev–Trinajstić information content (AvgIpc) is 3.19. The van der Waals surface area contributed by atoms with Crippen LogP contribution in [0.25, 0.3) is 0 Å². The summed E-state index contributed by atoms with van der Waals surface area (Å²) in [4.78, 5) is 73.1. The lowest BCUT2D eigenvalue weighted by Gasteiger charge is -2.52. The Morgan fingerprint density at radius 1 is 0.731 bits per heavy atom. The molecule has 1 aliphatic carbocycles. The number of nitrogens with zero attached hydrogens (tertiary/aromatic N) is 2. The second-order valence-electron chi connectivity index (χ2n) is 27.1. The molecule has 1 unspecified atom stereocenters. The van der Waals surface area contributed by atoms with Crippen LogP contribution in [-0.2, 0) is 42.3 Å². The van der Waals surface area contributed by atoms with Crippen LogP contribution in [0.3, 0.4) is 0 Å². The van der Waals surface area contributed by atoms with Crippen LogP contribution < -0.4 is 26.6 Å². The SMILES string of the molecule is CN(C(=O)OC(C)(C)C)[C@@H]1[C@@H](O)[C@@H](O[C@H]2[C@H](NC(=O)OC(C)(C)C)C[C@H](NC(=O)OC(C)(C)C)C([C@H]3OC(CNCCO[Si](C)(C)C(C)(C)C)=CC[C@H]3N/C(=N/C(=O)OC(C)(C)C)NC(=O)OC(C)(C)C)[C@@H]2O)OC[C@]1(C)O. The average molecular weight is 1130 g/mol. The molecule has 1 saturated carbocycles. The molecule has 3 aliphatic rings. The van der Waals surface area contributed by atoms with Crippen molar-refractivity contribution in [2.75, 3.05) is 33.4 Å². The second kappa shape index (κ2) is 26.0. The number of rotatable bonds is 13. The maximum absolute atomic E-state index is 14.0. The lowest BCUT2D eigenvalue weighted by molar-refractivity contribution is -0.305. The Hall–Kier alpha value is -4.50. The predicted molar refractivity (Wildman–Crippen MR) is 293 cm³/mol. The molecule has 0 spiro atoms. The van der Waals surface area contributed by atoms with E-state index in [4.69, 9.17) is 42.3 Å². The van der Waals surface area contributed by atoms with Crippen LogP contribution in [0, 0.1) is 5.92 Å². The van der Waals surface area contributed by atoms with E-state index in [0.717, 1.165) is 4.90 Å². The highest BCUT2D eigenvalue weighted by Gasteiger charge is 2.57. The summed E-state index contributed by atoms with van der Waals surface area (Å²) in [7, 11) is -0.745. The van der Waals surface area contributed by atoms with Crippen LogP contribution in [0.4, 0.5) is 24.0 Å². The third kappa shape index (κ3) is 21.9. The lowest BCUT2D eigenvalue weighted by Crippen LogP contribution is -2.71. The van der Waals surface area contributed by atoms with Gasteiger partial charge in [0.2, 0.25) is 5.96 Å². The number of likely N-dealkylation sites (N-methyl/N-ethyl adjacent to an activating group) is 1. The number of aliphatic hydroxyl groups is 3. The summed E-state index contributed by atoms with van der Waals surface area (Å²) in [5.74, 6) is -1.26. The first-order valence-electron chi connectivity index (χ1n) is 26.8. The van der Waals surface area contributed by atoms with Gasteiger partial charge in [0.15, 0.2) is 14.6 Å². The molecule has 0 radical (unpaired) electrons. The van der Waals surface area contributed by atoms with Gasteiger partial charge in [-0.15, -0.1) is 4.99 Å². The fourth-order valence-corrected chi connectivity index (χ4v) is 9.59. The zero-order valence-electron chi connectivity index (χ0n) is 50.5. The first-order chi connectivity index (χ1) is 35.2. The highest BCUT2D eigenvalue weighted by atomic mass is 28.4. The summed E-state index contributed by atoms with van der Waals surface area (Å²) in [6.45, 7) is 37.5. The normalized spacial score (nSPS) is 27.7. The van der Waals surface area contributed by atoms with Gasteiger partial charge in [0.1, 0.15) is 57.7 Å². The summed E-state index contributed by atoms with van der Waals surface area (Å²) < 4.78 is 53.9. The molecule has 0 bridgehead atoms. The Balaban J connectivity index is 2.30. The summed E-state index contributed by atoms with van der Waals surface area (Å²) in [5.41, 5.74) is -6.75. The number of guanidine groups is 1. The molecule has 0 aromatic rings. The predicted octanol–water partition coefficient (Wildman–Crippen LogP) is 6.30. The number of hydrogen-bond donors (Lipinski definition) is 8. The fraction of sp³-hybridized carbons (Fsp3) is 0.849. The topological polar surface area (TPSA) is 305 Å². The molecule has 0 aromatic carbocycles. The highest BCUT2D eigenvalue weighted by Crippen LogP contribution is 2.40. The number of nitrogens with one attached hydrogen (secondary N) is 5. The monoisotopic (exact) mass is 1130 g/mol. The standard InChI is InChI=1S/C53H97N7O17Si/c1-47(2,3)73-42(63)56-32-27-33(57-43(64)74-48(4,5)6)38(72-40-36(62)39(53(19,68)29-69-40)60(20)46(67)77-51(13,14)15)35(61)34(32)37-31(24-23-30(71-37)28-54-25-26-70-78(21,22)52(16,17)18)55-41(58-44(65)75-49(7,8)9)59-45(66)76-50(10,11)12/h23,31-40,54,61-62,68H,24-29H2,1-22H3,(H,56,63)(H,57,64)(H2,55,58,59,65,66)/t31-,32+,33-,34?,35+,36-,37+,38+,39-,40-,53+/m1/s1. The number of hydrogen-bond acceptors (Lipinski definition) is 18. The molecule has 2 fully saturated rings. The molecule has 78 heavy (non-hydrogen) atoms. The van der Waals surface area contributed by atoms with Gasteiger partial charge >= 0.3 is 30.5 Å². The number of carbonyl (C=O) groups excluding carboxylic acids is 5. The van der Waals surface area contributed by atoms with Gasteiger partial charge in [0.25, 0.3) is 0 Å². The minimum Gasteiger partial charge on any atom is -0.491 e. The molecule has 8 N–H and O–H groups in total. The van der Waals surface area contributed by atoms with Crippen molar-refractivity contribution in [2.45, 2.75) is 251 Å². The Morgan fingerprint density at radius 3 is 1.76 bits per heavy atom. The van der Waals surface area contributed by atoms with Crippen LogP contribution in [0.2, 0.25) is 18.1 Å². The van der Waals surface area contributed by atoms with Crippen molar-refractivity contribution in [1.82, 2.24) is 31.5 Å². The Kier molecular flexibility index (Phi) is 22.5. The fourth-order valence-electron chi connectivity index (χ4n) is 8.55. The molecule has 3 rings (SSSR count). The smallest absolute Gasteiger partial charge is 0.437 e. The van der Waals surface area contributed by atoms with E-state index < -0.39 is 146 Å². The van der Waals surface area contributed by atoms with Crippen molar-refractivity contribution in [3.8, 4) is 0 Å². The molecule has 2 aliphatic heterocycles. The van der Waals surface area contributed by atoms with Gasteiger partial charge in [-0.1, -0.05) is 20.8 Å². The van der Waals surface area contributed by atoms with Crippen LogP contribution in [-0.4, -0.2) is 187 Å². The maximum Gasteiger partial charge on any atom is 0.437 e.